The van der Waals surface area contributed by atoms with E-state index < -0.39 is 0 Å². The molecule has 1 aromatic heterocycles. The van der Waals surface area contributed by atoms with E-state index in [0.717, 1.165) is 18.8 Å². The third-order valence-electron chi connectivity index (χ3n) is 5.06. The molecule has 1 aromatic carbocycles. The predicted octanol–water partition coefficient (Wildman–Crippen LogP) is 4.12. The van der Waals surface area contributed by atoms with Gasteiger partial charge in [-0.3, -0.25) is 4.79 Å². The number of rotatable bonds is 6. The van der Waals surface area contributed by atoms with E-state index in [2.05, 4.69) is 22.1 Å². The molecule has 2 aromatic rings. The van der Waals surface area contributed by atoms with Gasteiger partial charge in [-0.25, -0.2) is 4.98 Å². The smallest absolute Gasteiger partial charge is 0.257 e. The molecule has 6 heteroatoms. The van der Waals surface area contributed by atoms with Gasteiger partial charge in [0.25, 0.3) is 5.91 Å². The lowest BCUT2D eigenvalue weighted by Gasteiger charge is -2.36. The number of ether oxygens (including phenoxy) is 2. The molecule has 1 saturated heterocycles. The first-order chi connectivity index (χ1) is 13.2. The normalized spacial score (nSPS) is 16.7. The molecule has 1 aliphatic heterocycles. The van der Waals surface area contributed by atoms with Crippen LogP contribution in [-0.4, -0.2) is 37.7 Å². The molecule has 3 rings (SSSR count). The van der Waals surface area contributed by atoms with Crippen LogP contribution in [0, 0.1) is 0 Å². The highest BCUT2D eigenvalue weighted by Crippen LogP contribution is 2.30. The standard InChI is InChI=1S/C21H27N3O3/c1-4-16-7-5-6-12-24(16)20-11-8-15(14-22-20)21(25)23-18-10-9-17(26-2)13-19(18)27-3/h8-11,13-14,16H,4-7,12H2,1-3H3,(H,23,25). The summed E-state index contributed by atoms with van der Waals surface area (Å²) >= 11 is 0. The molecule has 0 saturated carbocycles. The van der Waals surface area contributed by atoms with Crippen LogP contribution in [-0.2, 0) is 0 Å². The van der Waals surface area contributed by atoms with Gasteiger partial charge in [0.1, 0.15) is 17.3 Å². The van der Waals surface area contributed by atoms with E-state index in [1.54, 1.807) is 38.6 Å². The van der Waals surface area contributed by atoms with Gasteiger partial charge < -0.3 is 19.7 Å². The lowest BCUT2D eigenvalue weighted by Crippen LogP contribution is -2.39. The van der Waals surface area contributed by atoms with Crippen LogP contribution in [0.4, 0.5) is 11.5 Å². The summed E-state index contributed by atoms with van der Waals surface area (Å²) in [5.41, 5.74) is 1.11. The van der Waals surface area contributed by atoms with E-state index >= 15 is 0 Å². The average molecular weight is 369 g/mol. The maximum Gasteiger partial charge on any atom is 0.257 e. The van der Waals surface area contributed by atoms with Crippen molar-refractivity contribution in [1.29, 1.82) is 0 Å². The SMILES string of the molecule is CCC1CCCCN1c1ccc(C(=O)Nc2ccc(OC)cc2OC)cn1. The molecule has 1 N–H and O–H groups in total. The molecule has 144 valence electrons. The number of carbonyl (C=O) groups is 1. The van der Waals surface area contributed by atoms with Gasteiger partial charge in [0.15, 0.2) is 0 Å². The first-order valence-corrected chi connectivity index (χ1v) is 9.42. The Morgan fingerprint density at radius 3 is 2.74 bits per heavy atom. The van der Waals surface area contributed by atoms with E-state index in [0.29, 0.717) is 28.8 Å². The Labute approximate surface area is 160 Å². The van der Waals surface area contributed by atoms with E-state index in [1.807, 2.05) is 12.1 Å². The second-order valence-corrected chi connectivity index (χ2v) is 6.68. The molecule has 2 heterocycles. The third-order valence-corrected chi connectivity index (χ3v) is 5.06. The van der Waals surface area contributed by atoms with Crippen molar-refractivity contribution < 1.29 is 14.3 Å². The third kappa shape index (κ3) is 4.32. The molecule has 0 radical (unpaired) electrons. The van der Waals surface area contributed by atoms with Gasteiger partial charge in [0.05, 0.1) is 25.5 Å². The molecule has 0 spiro atoms. The van der Waals surface area contributed by atoms with Crippen LogP contribution in [0.15, 0.2) is 36.5 Å². The van der Waals surface area contributed by atoms with Crippen LogP contribution < -0.4 is 19.7 Å². The number of aromatic nitrogens is 1. The summed E-state index contributed by atoms with van der Waals surface area (Å²) in [7, 11) is 3.15. The lowest BCUT2D eigenvalue weighted by molar-refractivity contribution is 0.102. The minimum atomic E-state index is -0.219. The largest absolute Gasteiger partial charge is 0.497 e. The lowest BCUT2D eigenvalue weighted by atomic mass is 10.00. The average Bonchev–Trinajstić information content (AvgIpc) is 2.74. The molecule has 1 aliphatic rings. The van der Waals surface area contributed by atoms with Crippen LogP contribution >= 0.6 is 0 Å². The Morgan fingerprint density at radius 1 is 1.22 bits per heavy atom. The van der Waals surface area contributed by atoms with Crippen molar-refractivity contribution in [3.63, 3.8) is 0 Å². The minimum Gasteiger partial charge on any atom is -0.497 e. The Hall–Kier alpha value is -2.76. The fraction of sp³-hybridized carbons (Fsp3) is 0.429. The number of methoxy groups -OCH3 is 2. The highest BCUT2D eigenvalue weighted by atomic mass is 16.5. The summed E-state index contributed by atoms with van der Waals surface area (Å²) in [5, 5.41) is 2.87. The summed E-state index contributed by atoms with van der Waals surface area (Å²) in [6.45, 7) is 3.24. The second kappa shape index (κ2) is 8.75. The summed E-state index contributed by atoms with van der Waals surface area (Å²) in [4.78, 5) is 19.5. The van der Waals surface area contributed by atoms with Crippen LogP contribution in [0.2, 0.25) is 0 Å². The van der Waals surface area contributed by atoms with Gasteiger partial charge in [0.2, 0.25) is 0 Å². The summed E-state index contributed by atoms with van der Waals surface area (Å²) in [6.07, 6.45) is 6.43. The molecule has 27 heavy (non-hydrogen) atoms. The van der Waals surface area contributed by atoms with Crippen LogP contribution in [0.5, 0.6) is 11.5 Å². The van der Waals surface area contributed by atoms with Gasteiger partial charge in [-0.05, 0) is 49.9 Å². The van der Waals surface area contributed by atoms with Crippen molar-refractivity contribution in [2.24, 2.45) is 0 Å². The summed E-state index contributed by atoms with van der Waals surface area (Å²) in [6, 6.07) is 9.58. The fourth-order valence-corrected chi connectivity index (χ4v) is 3.51. The number of benzene rings is 1. The maximum atomic E-state index is 12.6. The first-order valence-electron chi connectivity index (χ1n) is 9.42. The van der Waals surface area contributed by atoms with Crippen molar-refractivity contribution in [3.05, 3.63) is 42.1 Å². The van der Waals surface area contributed by atoms with Crippen molar-refractivity contribution in [2.75, 3.05) is 31.0 Å². The molecular formula is C21H27N3O3. The molecule has 6 nitrogen and oxygen atoms in total. The highest BCUT2D eigenvalue weighted by Gasteiger charge is 2.22. The summed E-state index contributed by atoms with van der Waals surface area (Å²) < 4.78 is 10.5. The molecule has 1 fully saturated rings. The van der Waals surface area contributed by atoms with Gasteiger partial charge in [0, 0.05) is 24.8 Å². The topological polar surface area (TPSA) is 63.7 Å². The van der Waals surface area contributed by atoms with E-state index in [1.165, 1.54) is 19.3 Å². The van der Waals surface area contributed by atoms with Crippen LogP contribution in [0.3, 0.4) is 0 Å². The number of anilines is 2. The van der Waals surface area contributed by atoms with E-state index in [-0.39, 0.29) is 5.91 Å². The van der Waals surface area contributed by atoms with Crippen molar-refractivity contribution in [2.45, 2.75) is 38.6 Å². The second-order valence-electron chi connectivity index (χ2n) is 6.68. The molecule has 1 atom stereocenters. The van der Waals surface area contributed by atoms with E-state index in [9.17, 15) is 4.79 Å². The highest BCUT2D eigenvalue weighted by molar-refractivity contribution is 6.05. The Bertz CT molecular complexity index is 777. The number of pyridine rings is 1. The van der Waals surface area contributed by atoms with Crippen LogP contribution in [0.25, 0.3) is 0 Å². The molecule has 1 amide bonds. The number of hydrogen-bond acceptors (Lipinski definition) is 5. The zero-order chi connectivity index (χ0) is 19.2. The first kappa shape index (κ1) is 19.0. The minimum absolute atomic E-state index is 0.219. The van der Waals surface area contributed by atoms with Gasteiger partial charge in [-0.2, -0.15) is 0 Å². The van der Waals surface area contributed by atoms with Crippen LogP contribution in [0.1, 0.15) is 43.0 Å². The predicted molar refractivity (Wildman–Crippen MR) is 107 cm³/mol. The fourth-order valence-electron chi connectivity index (χ4n) is 3.51. The zero-order valence-corrected chi connectivity index (χ0v) is 16.2. The summed E-state index contributed by atoms with van der Waals surface area (Å²) in [5.74, 6) is 1.94. The Kier molecular flexibility index (Phi) is 6.16. The van der Waals surface area contributed by atoms with Crippen molar-refractivity contribution in [3.8, 4) is 11.5 Å². The van der Waals surface area contributed by atoms with Crippen molar-refractivity contribution >= 4 is 17.4 Å². The quantitative estimate of drug-likeness (QED) is 0.830. The number of nitrogens with zero attached hydrogens (tertiary/aromatic N) is 2. The molecule has 0 bridgehead atoms. The number of piperidine rings is 1. The number of amides is 1. The number of carbonyl (C=O) groups excluding carboxylic acids is 1. The zero-order valence-electron chi connectivity index (χ0n) is 16.2. The van der Waals surface area contributed by atoms with Crippen molar-refractivity contribution in [1.82, 2.24) is 4.98 Å². The molecule has 1 unspecified atom stereocenters. The maximum absolute atomic E-state index is 12.6. The van der Waals surface area contributed by atoms with Gasteiger partial charge in [-0.15, -0.1) is 0 Å². The Balaban J connectivity index is 1.72. The van der Waals surface area contributed by atoms with Gasteiger partial charge >= 0.3 is 0 Å². The Morgan fingerprint density at radius 2 is 2.07 bits per heavy atom. The van der Waals surface area contributed by atoms with E-state index in [4.69, 9.17) is 9.47 Å². The monoisotopic (exact) mass is 369 g/mol. The molecular weight excluding hydrogens is 342 g/mol. The molecule has 0 aliphatic carbocycles. The number of hydrogen-bond donors (Lipinski definition) is 1. The number of nitrogens with one attached hydrogen (secondary N) is 1. The van der Waals surface area contributed by atoms with Gasteiger partial charge in [-0.1, -0.05) is 6.92 Å².